The maximum absolute atomic E-state index is 4.19. The first kappa shape index (κ1) is 35.7. The van der Waals surface area contributed by atoms with Crippen molar-refractivity contribution in [3.63, 3.8) is 0 Å². The minimum Gasteiger partial charge on any atom is -1.00 e. The molecule has 2 fully saturated rings. The molecule has 2 N–H and O–H groups in total. The molecule has 0 heterocycles. The van der Waals surface area contributed by atoms with Crippen LogP contribution in [0.5, 0.6) is 0 Å². The van der Waals surface area contributed by atoms with Gasteiger partial charge in [-0.15, -0.1) is 0 Å². The molecule has 204 valence electrons. The van der Waals surface area contributed by atoms with Gasteiger partial charge >= 0.3 is 232 Å². The van der Waals surface area contributed by atoms with E-state index in [1.165, 1.54) is 88.2 Å². The molecule has 4 aliphatic carbocycles. The summed E-state index contributed by atoms with van der Waals surface area (Å²) in [6.07, 6.45) is 27.1. The molecule has 2 saturated carbocycles. The monoisotopic (exact) mass is 902 g/mol. The molecule has 0 bridgehead atoms. The minimum absolute atomic E-state index is 0. The van der Waals surface area contributed by atoms with Gasteiger partial charge in [-0.3, -0.25) is 0 Å². The van der Waals surface area contributed by atoms with Gasteiger partial charge in [0.2, 0.25) is 0 Å². The quantitative estimate of drug-likeness (QED) is 0.360. The molecule has 8 heteroatoms. The molecule has 0 unspecified atom stereocenters. The van der Waals surface area contributed by atoms with Crippen molar-refractivity contribution < 1.29 is 66.6 Å². The summed E-state index contributed by atoms with van der Waals surface area (Å²) in [5, 5.41) is 0. The van der Waals surface area contributed by atoms with Crippen LogP contribution in [-0.2, 0) is 41.8 Å². The topological polar surface area (TPSA) is 24.1 Å². The number of allylic oxidation sites excluding steroid dienone is 8. The molecule has 0 aromatic rings. The third-order valence-electron chi connectivity index (χ3n) is 7.87. The van der Waals surface area contributed by atoms with Gasteiger partial charge in [0.25, 0.3) is 0 Å². The molecule has 0 aromatic heterocycles. The summed E-state index contributed by atoms with van der Waals surface area (Å²) in [5.74, 6) is -0.873. The number of hydrogen-bond donors (Lipinski definition) is 2. The van der Waals surface area contributed by atoms with Crippen LogP contribution >= 0.6 is 0 Å². The summed E-state index contributed by atoms with van der Waals surface area (Å²) >= 11 is -3.15. The van der Waals surface area contributed by atoms with E-state index in [2.05, 4.69) is 70.9 Å². The van der Waals surface area contributed by atoms with Crippen molar-refractivity contribution in [2.24, 2.45) is 0 Å². The Hall–Kier alpha value is 1.63. The van der Waals surface area contributed by atoms with E-state index < -0.39 is 53.8 Å². The van der Waals surface area contributed by atoms with Gasteiger partial charge in [-0.2, -0.15) is 0 Å². The van der Waals surface area contributed by atoms with E-state index in [1.807, 2.05) is 6.66 Å². The normalized spacial score (nSPS) is 20.4. The number of hydrogen-bond acceptors (Lipinski definition) is 2. The van der Waals surface area contributed by atoms with E-state index in [4.69, 9.17) is 0 Å². The predicted octanol–water partition coefficient (Wildman–Crippen LogP) is 1.33. The smallest absolute Gasteiger partial charge is 1.00 e. The van der Waals surface area contributed by atoms with Crippen LogP contribution in [0.2, 0.25) is 26.2 Å². The first-order chi connectivity index (χ1) is 16.3. The van der Waals surface area contributed by atoms with Crippen molar-refractivity contribution >= 4 is 12.0 Å². The van der Waals surface area contributed by atoms with Crippen molar-refractivity contribution in [2.75, 3.05) is 0 Å². The molecule has 0 radical (unpaired) electrons. The summed E-state index contributed by atoms with van der Waals surface area (Å²) in [6, 6.07) is 1.78. The van der Waals surface area contributed by atoms with Crippen LogP contribution in [0.3, 0.4) is 0 Å². The Bertz CT molecular complexity index is 708. The van der Waals surface area contributed by atoms with E-state index in [-0.39, 0.29) is 24.8 Å². The fourth-order valence-corrected chi connectivity index (χ4v) is 50.0. The van der Waals surface area contributed by atoms with Crippen LogP contribution in [-0.4, -0.2) is 24.1 Å². The SMILES string of the molecule is CC1=CC[C]([Hf+]([NH]C2CCCCC2)[SiH](C)C)=C1.CC1=CC[C]([Hf+]([NH]C2CCCCC2)[SiH](C)C)=C1.[Cl-].[Cl-]. The van der Waals surface area contributed by atoms with Gasteiger partial charge in [0.15, 0.2) is 0 Å². The van der Waals surface area contributed by atoms with Gasteiger partial charge in [-0.1, -0.05) is 0 Å². The van der Waals surface area contributed by atoms with Gasteiger partial charge in [0.1, 0.15) is 0 Å². The summed E-state index contributed by atoms with van der Waals surface area (Å²) in [5.41, 5.74) is 3.03. The summed E-state index contributed by atoms with van der Waals surface area (Å²) in [4.78, 5) is 0. The molecular weight excluding hydrogens is 848 g/mol. The second-order valence-corrected chi connectivity index (χ2v) is 63.3. The summed E-state index contributed by atoms with van der Waals surface area (Å²) < 4.78 is 12.1. The third-order valence-corrected chi connectivity index (χ3v) is 56.5. The maximum atomic E-state index is 4.19. The van der Waals surface area contributed by atoms with Crippen LogP contribution in [0, 0.1) is 0 Å². The number of nitrogens with one attached hydrogen (secondary N) is 2. The van der Waals surface area contributed by atoms with Gasteiger partial charge in [-0.25, -0.2) is 0 Å². The second kappa shape index (κ2) is 18.9. The standard InChI is InChI=1S/2C6H12N.2C6H7.2C2H7Si.2ClH.2Hf/c2*7-6-4-2-1-3-5-6;2*1-6-4-2-3-5-6;2*1-3-2;;;;/h2*6-7H,1-5H2;2*4-5H,2H2,1H3;2*3H,1-2H3;2*1H;;/q2*-1;;;;;;;2*+2/p-2. The van der Waals surface area contributed by atoms with E-state index in [1.54, 1.807) is 0 Å². The maximum Gasteiger partial charge on any atom is -1.00 e. The van der Waals surface area contributed by atoms with E-state index >= 15 is 0 Å². The molecule has 0 atom stereocenters. The summed E-state index contributed by atoms with van der Waals surface area (Å²) in [7, 11) is 0. The summed E-state index contributed by atoms with van der Waals surface area (Å²) in [6.45, 7) is 14.8. The molecular formula is C28H52Cl2Hf2N2Si2. The molecule has 0 aromatic carbocycles. The molecule has 0 aliphatic heterocycles. The fraction of sp³-hybridized carbons (Fsp3) is 0.714. The molecule has 4 rings (SSSR count). The Morgan fingerprint density at radius 1 is 0.611 bits per heavy atom. The minimum atomic E-state index is -1.57. The molecule has 4 aliphatic rings. The van der Waals surface area contributed by atoms with Gasteiger partial charge < -0.3 is 24.8 Å². The van der Waals surface area contributed by atoms with Crippen LogP contribution in [0.25, 0.3) is 0 Å². The first-order valence-corrected chi connectivity index (χ1v) is 39.8. The van der Waals surface area contributed by atoms with Crippen molar-refractivity contribution in [2.45, 2.75) is 129 Å². The van der Waals surface area contributed by atoms with Crippen LogP contribution in [0.4, 0.5) is 0 Å². The Morgan fingerprint density at radius 3 is 1.19 bits per heavy atom. The Balaban J connectivity index is 0.000000341. The zero-order valence-corrected chi connectivity index (χ0v) is 34.9. The van der Waals surface area contributed by atoms with Crippen LogP contribution in [0.15, 0.2) is 42.1 Å². The Morgan fingerprint density at radius 2 is 0.944 bits per heavy atom. The largest absolute Gasteiger partial charge is 1.00 e. The molecule has 0 amide bonds. The molecule has 2 nitrogen and oxygen atoms in total. The average molecular weight is 901 g/mol. The van der Waals surface area contributed by atoms with E-state index in [0.29, 0.717) is 0 Å². The van der Waals surface area contributed by atoms with Gasteiger partial charge in [0.05, 0.1) is 0 Å². The van der Waals surface area contributed by atoms with Crippen LogP contribution in [0.1, 0.15) is 90.9 Å². The van der Waals surface area contributed by atoms with Gasteiger partial charge in [0, 0.05) is 0 Å². The Labute approximate surface area is 253 Å². The predicted molar refractivity (Wildman–Crippen MR) is 151 cm³/mol. The van der Waals surface area contributed by atoms with Crippen molar-refractivity contribution in [3.05, 3.63) is 42.1 Å². The first-order valence-electron chi connectivity index (χ1n) is 14.4. The average Bonchev–Trinajstić information content (AvgIpc) is 3.45. The van der Waals surface area contributed by atoms with Crippen molar-refractivity contribution in [1.29, 1.82) is 0 Å². The van der Waals surface area contributed by atoms with Gasteiger partial charge in [-0.05, 0) is 0 Å². The zero-order valence-electron chi connectivity index (χ0n) is 23.9. The molecule has 0 saturated heterocycles. The van der Waals surface area contributed by atoms with Crippen LogP contribution < -0.4 is 31.4 Å². The third kappa shape index (κ3) is 12.0. The second-order valence-electron chi connectivity index (χ2n) is 11.7. The number of halogens is 2. The van der Waals surface area contributed by atoms with Crippen molar-refractivity contribution in [3.8, 4) is 0 Å². The Kier molecular flexibility index (Phi) is 18.7. The van der Waals surface area contributed by atoms with E-state index in [9.17, 15) is 0 Å². The van der Waals surface area contributed by atoms with Crippen molar-refractivity contribution in [1.82, 2.24) is 6.61 Å². The molecule has 36 heavy (non-hydrogen) atoms. The molecule has 0 spiro atoms. The fourth-order valence-electron chi connectivity index (χ4n) is 5.90. The van der Waals surface area contributed by atoms with E-state index in [0.717, 1.165) is 12.1 Å². The zero-order chi connectivity index (χ0) is 24.5. The number of rotatable bonds is 8.